The largest absolute Gasteiger partial charge is 0.256 e. The minimum absolute atomic E-state index is 0. The second-order valence-corrected chi connectivity index (χ2v) is 4.06. The number of nitrogens with zero attached hydrogens (tertiary/aromatic N) is 2. The van der Waals surface area contributed by atoms with Gasteiger partial charge in [-0.05, 0) is 12.8 Å². The van der Waals surface area contributed by atoms with Crippen LogP contribution in [0.5, 0.6) is 0 Å². The number of rotatable bonds is 5. The molecule has 0 aromatic carbocycles. The van der Waals surface area contributed by atoms with Gasteiger partial charge in [0, 0.05) is 18.2 Å². The Morgan fingerprint density at radius 3 is 3.13 bits per heavy atom. The number of amidine groups is 1. The first-order chi connectivity index (χ1) is 6.93. The number of aliphatic imine (C=N–C) groups is 1. The maximum atomic E-state index is 4.26. The van der Waals surface area contributed by atoms with E-state index in [9.17, 15) is 0 Å². The molecule has 0 spiro atoms. The predicted molar refractivity (Wildman–Crippen MR) is 75.1 cm³/mol. The minimum atomic E-state index is 0. The Bertz CT molecular complexity index is 239. The second-order valence-electron chi connectivity index (χ2n) is 3.05. The summed E-state index contributed by atoms with van der Waals surface area (Å²) >= 11 is 1.67. The Hall–Kier alpha value is -0.290. The Labute approximate surface area is 106 Å². The van der Waals surface area contributed by atoms with Gasteiger partial charge in [-0.15, -0.1) is 17.0 Å². The van der Waals surface area contributed by atoms with Crippen molar-refractivity contribution in [1.82, 2.24) is 5.43 Å². The van der Waals surface area contributed by atoms with Crippen LogP contribution >= 0.6 is 28.7 Å². The molecule has 3 nitrogen and oxygen atoms in total. The highest BCUT2D eigenvalue weighted by molar-refractivity contribution is 8.93. The van der Waals surface area contributed by atoms with Gasteiger partial charge in [0.05, 0.1) is 0 Å². The van der Waals surface area contributed by atoms with E-state index >= 15 is 0 Å². The van der Waals surface area contributed by atoms with Crippen molar-refractivity contribution in [1.29, 1.82) is 0 Å². The lowest BCUT2D eigenvalue weighted by Crippen LogP contribution is -2.18. The van der Waals surface area contributed by atoms with Crippen molar-refractivity contribution in [3.63, 3.8) is 0 Å². The highest BCUT2D eigenvalue weighted by atomic mass is 79.9. The van der Waals surface area contributed by atoms with E-state index in [4.69, 9.17) is 0 Å². The van der Waals surface area contributed by atoms with E-state index in [-0.39, 0.29) is 17.0 Å². The van der Waals surface area contributed by atoms with Crippen LogP contribution in [-0.4, -0.2) is 17.1 Å². The molecule has 0 aromatic rings. The quantitative estimate of drug-likeness (QED) is 0.789. The topological polar surface area (TPSA) is 36.8 Å². The maximum Gasteiger partial charge on any atom is 0.182 e. The zero-order valence-corrected chi connectivity index (χ0v) is 11.5. The number of hydrogen-bond acceptors (Lipinski definition) is 3. The summed E-state index contributed by atoms with van der Waals surface area (Å²) in [5, 5.41) is 4.81. The molecule has 0 bridgehead atoms. The molecular weight excluding hydrogens is 274 g/mol. The summed E-state index contributed by atoms with van der Waals surface area (Å²) in [6, 6.07) is 0. The van der Waals surface area contributed by atoms with Gasteiger partial charge in [0.15, 0.2) is 5.17 Å². The molecule has 0 fully saturated rings. The van der Waals surface area contributed by atoms with Crippen molar-refractivity contribution in [2.45, 2.75) is 32.6 Å². The maximum absolute atomic E-state index is 4.26. The molecule has 1 aliphatic heterocycles. The smallest absolute Gasteiger partial charge is 0.182 e. The molecule has 0 radical (unpaired) electrons. The van der Waals surface area contributed by atoms with Crippen LogP contribution in [0.25, 0.3) is 0 Å². The van der Waals surface area contributed by atoms with Gasteiger partial charge in [0.25, 0.3) is 0 Å². The van der Waals surface area contributed by atoms with Crippen LogP contribution in [0, 0.1) is 0 Å². The van der Waals surface area contributed by atoms with Gasteiger partial charge in [-0.25, -0.2) is 4.99 Å². The molecule has 1 rings (SSSR count). The molecule has 1 aliphatic rings. The third-order valence-corrected chi connectivity index (χ3v) is 2.60. The summed E-state index contributed by atoms with van der Waals surface area (Å²) in [7, 11) is 0. The van der Waals surface area contributed by atoms with Gasteiger partial charge in [-0.1, -0.05) is 37.6 Å². The molecule has 1 heterocycles. The van der Waals surface area contributed by atoms with Gasteiger partial charge in [0.2, 0.25) is 0 Å². The highest BCUT2D eigenvalue weighted by Gasteiger charge is 1.99. The average molecular weight is 292 g/mol. The van der Waals surface area contributed by atoms with Crippen molar-refractivity contribution in [3.8, 4) is 0 Å². The van der Waals surface area contributed by atoms with E-state index < -0.39 is 0 Å². The van der Waals surface area contributed by atoms with Crippen LogP contribution in [0.1, 0.15) is 32.6 Å². The lowest BCUT2D eigenvalue weighted by Gasteiger charge is -2.05. The van der Waals surface area contributed by atoms with Crippen LogP contribution in [0.2, 0.25) is 0 Å². The molecule has 0 saturated carbocycles. The van der Waals surface area contributed by atoms with E-state index in [0.717, 1.165) is 17.3 Å². The molecule has 0 saturated heterocycles. The molecule has 0 amide bonds. The first-order valence-electron chi connectivity index (χ1n) is 5.06. The Kier molecular flexibility index (Phi) is 10.0. The average Bonchev–Trinajstić information content (AvgIpc) is 2.25. The first-order valence-corrected chi connectivity index (χ1v) is 6.05. The van der Waals surface area contributed by atoms with Crippen molar-refractivity contribution in [3.05, 3.63) is 12.3 Å². The molecule has 15 heavy (non-hydrogen) atoms. The first kappa shape index (κ1) is 14.7. The second kappa shape index (κ2) is 10.2. The number of hydrazone groups is 1. The number of thioether (sulfide) groups is 1. The fraction of sp³-hybridized carbons (Fsp3) is 0.600. The standard InChI is InChI=1S/C10H17N3S.BrH/c1-2-3-4-5-6-7-11-10-13-12-8-9-14-10;/h6-8H,2-5,9H2,1H3,(H,11,13);1H/b7-6+;. The van der Waals surface area contributed by atoms with E-state index in [1.54, 1.807) is 11.8 Å². The van der Waals surface area contributed by atoms with E-state index in [0.29, 0.717) is 0 Å². The third kappa shape index (κ3) is 7.62. The molecule has 86 valence electrons. The van der Waals surface area contributed by atoms with Crippen molar-refractivity contribution >= 4 is 40.1 Å². The zero-order chi connectivity index (χ0) is 10.1. The third-order valence-electron chi connectivity index (χ3n) is 1.82. The predicted octanol–water partition coefficient (Wildman–Crippen LogP) is 3.34. The highest BCUT2D eigenvalue weighted by Crippen LogP contribution is 2.04. The van der Waals surface area contributed by atoms with Crippen LogP contribution in [0.3, 0.4) is 0 Å². The summed E-state index contributed by atoms with van der Waals surface area (Å²) in [5.41, 5.74) is 2.85. The molecular formula is C10H18BrN3S. The number of hydrogen-bond donors (Lipinski definition) is 1. The summed E-state index contributed by atoms with van der Waals surface area (Å²) in [5.74, 6) is 0.912. The van der Waals surface area contributed by atoms with Gasteiger partial charge in [-0.2, -0.15) is 5.10 Å². The normalized spacial score (nSPS) is 17.8. The van der Waals surface area contributed by atoms with Gasteiger partial charge >= 0.3 is 0 Å². The fourth-order valence-electron chi connectivity index (χ4n) is 1.06. The monoisotopic (exact) mass is 291 g/mol. The zero-order valence-electron chi connectivity index (χ0n) is 8.98. The van der Waals surface area contributed by atoms with Gasteiger partial charge in [-0.3, -0.25) is 5.43 Å². The molecule has 0 aromatic heterocycles. The Morgan fingerprint density at radius 1 is 1.60 bits per heavy atom. The lowest BCUT2D eigenvalue weighted by atomic mass is 10.2. The Morgan fingerprint density at radius 2 is 2.47 bits per heavy atom. The summed E-state index contributed by atoms with van der Waals surface area (Å²) in [4.78, 5) is 4.26. The van der Waals surface area contributed by atoms with Crippen LogP contribution in [0.15, 0.2) is 22.4 Å². The number of allylic oxidation sites excluding steroid dienone is 1. The van der Waals surface area contributed by atoms with E-state index in [2.05, 4.69) is 28.5 Å². The van der Waals surface area contributed by atoms with Crippen LogP contribution in [-0.2, 0) is 0 Å². The van der Waals surface area contributed by atoms with E-state index in [1.807, 2.05) is 12.4 Å². The molecule has 0 atom stereocenters. The molecule has 0 unspecified atom stereocenters. The van der Waals surface area contributed by atoms with Crippen LogP contribution in [0.4, 0.5) is 0 Å². The fourth-order valence-corrected chi connectivity index (χ4v) is 1.62. The summed E-state index contributed by atoms with van der Waals surface area (Å²) in [6.45, 7) is 2.21. The lowest BCUT2D eigenvalue weighted by molar-refractivity contribution is 0.729. The van der Waals surface area contributed by atoms with Gasteiger partial charge in [0.1, 0.15) is 0 Å². The summed E-state index contributed by atoms with van der Waals surface area (Å²) in [6.07, 6.45) is 10.8. The minimum Gasteiger partial charge on any atom is -0.256 e. The SMILES string of the molecule is Br.CCCCC/C=C/N=C1NN=CCS1. The van der Waals surface area contributed by atoms with E-state index in [1.165, 1.54) is 19.3 Å². The molecule has 1 N–H and O–H groups in total. The molecule has 5 heteroatoms. The number of nitrogens with one attached hydrogen (secondary N) is 1. The van der Waals surface area contributed by atoms with Crippen molar-refractivity contribution in [2.75, 3.05) is 5.75 Å². The molecule has 0 aliphatic carbocycles. The Balaban J connectivity index is 0.00000196. The number of unbranched alkanes of at least 4 members (excludes halogenated alkanes) is 3. The number of halogens is 1. The van der Waals surface area contributed by atoms with Crippen LogP contribution < -0.4 is 5.43 Å². The van der Waals surface area contributed by atoms with Gasteiger partial charge < -0.3 is 0 Å². The summed E-state index contributed by atoms with van der Waals surface area (Å²) < 4.78 is 0. The van der Waals surface area contributed by atoms with Crippen molar-refractivity contribution in [2.24, 2.45) is 10.1 Å². The van der Waals surface area contributed by atoms with Crippen molar-refractivity contribution < 1.29 is 0 Å².